The fraction of sp³-hybridized carbons (Fsp3) is 0.429. The molecule has 0 aromatic carbocycles. The first kappa shape index (κ1) is 6.52. The van der Waals surface area contributed by atoms with Crippen LogP contribution in [0.2, 0.25) is 0 Å². The average Bonchev–Trinajstić information content (AvgIpc) is 1.77. The highest BCUT2D eigenvalue weighted by atomic mass is 15.0. The summed E-state index contributed by atoms with van der Waals surface area (Å²) < 4.78 is 0. The molecule has 9 heavy (non-hydrogen) atoms. The molecular formula is C7H12N2. The average molecular weight is 124 g/mol. The van der Waals surface area contributed by atoms with Gasteiger partial charge in [-0.3, -0.25) is 0 Å². The van der Waals surface area contributed by atoms with Crippen LogP contribution in [0.4, 0.5) is 0 Å². The molecule has 2 nitrogen and oxygen atoms in total. The largest absolute Gasteiger partial charge is 0.310 e. The normalized spacial score (nSPS) is 30.8. The van der Waals surface area contributed by atoms with Gasteiger partial charge in [0, 0.05) is 5.92 Å². The second kappa shape index (κ2) is 1.97. The molecule has 0 amide bonds. The molecule has 0 saturated carbocycles. The Kier molecular flexibility index (Phi) is 1.43. The van der Waals surface area contributed by atoms with Gasteiger partial charge in [-0.1, -0.05) is 25.2 Å². The maximum atomic E-state index is 5.66. The van der Waals surface area contributed by atoms with Crippen LogP contribution in [0.5, 0.6) is 0 Å². The highest BCUT2D eigenvalue weighted by Gasteiger charge is 2.22. The lowest BCUT2D eigenvalue weighted by Gasteiger charge is -2.27. The van der Waals surface area contributed by atoms with Crippen LogP contribution < -0.4 is 11.5 Å². The number of rotatable bonds is 0. The standard InChI is InChI=1S/C7H12N2/c1-6-4-2-3-5-7(6,8)9/h2-6H,8-9H2,1H3. The predicted octanol–water partition coefficient (Wildman–Crippen LogP) is 0.362. The summed E-state index contributed by atoms with van der Waals surface area (Å²) in [4.78, 5) is 0. The van der Waals surface area contributed by atoms with Crippen molar-refractivity contribution in [1.82, 2.24) is 0 Å². The van der Waals surface area contributed by atoms with Gasteiger partial charge < -0.3 is 11.5 Å². The van der Waals surface area contributed by atoms with Crippen LogP contribution in [0.3, 0.4) is 0 Å². The van der Waals surface area contributed by atoms with Crippen LogP contribution >= 0.6 is 0 Å². The zero-order valence-electron chi connectivity index (χ0n) is 5.54. The smallest absolute Gasteiger partial charge is 0.0893 e. The van der Waals surface area contributed by atoms with Crippen molar-refractivity contribution in [3.63, 3.8) is 0 Å². The van der Waals surface area contributed by atoms with Crippen LogP contribution in [0, 0.1) is 5.92 Å². The number of hydrogen-bond donors (Lipinski definition) is 2. The minimum Gasteiger partial charge on any atom is -0.310 e. The molecule has 0 radical (unpaired) electrons. The molecule has 1 aliphatic carbocycles. The van der Waals surface area contributed by atoms with Crippen molar-refractivity contribution in [2.24, 2.45) is 17.4 Å². The van der Waals surface area contributed by atoms with E-state index in [1.807, 2.05) is 31.2 Å². The molecule has 0 aliphatic heterocycles. The molecule has 0 saturated heterocycles. The van der Waals surface area contributed by atoms with Crippen molar-refractivity contribution in [3.8, 4) is 0 Å². The minimum absolute atomic E-state index is 0.238. The van der Waals surface area contributed by atoms with E-state index in [-0.39, 0.29) is 5.92 Å². The Morgan fingerprint density at radius 3 is 2.33 bits per heavy atom. The second-order valence-electron chi connectivity index (χ2n) is 2.53. The van der Waals surface area contributed by atoms with Gasteiger partial charge in [-0.05, 0) is 6.08 Å². The summed E-state index contributed by atoms with van der Waals surface area (Å²) >= 11 is 0. The molecule has 1 unspecified atom stereocenters. The Labute approximate surface area is 55.2 Å². The number of nitrogens with two attached hydrogens (primary N) is 2. The molecule has 0 bridgehead atoms. The first-order chi connectivity index (χ1) is 4.13. The topological polar surface area (TPSA) is 52.0 Å². The lowest BCUT2D eigenvalue weighted by atomic mass is 9.92. The van der Waals surface area contributed by atoms with Crippen LogP contribution in [0.15, 0.2) is 24.3 Å². The van der Waals surface area contributed by atoms with Crippen molar-refractivity contribution >= 4 is 0 Å². The highest BCUT2D eigenvalue weighted by Crippen LogP contribution is 2.15. The van der Waals surface area contributed by atoms with Crippen LogP contribution in [0.1, 0.15) is 6.92 Å². The molecule has 0 spiro atoms. The van der Waals surface area contributed by atoms with Crippen molar-refractivity contribution in [3.05, 3.63) is 24.3 Å². The first-order valence-electron chi connectivity index (χ1n) is 3.07. The Hall–Kier alpha value is -0.600. The minimum atomic E-state index is -0.630. The van der Waals surface area contributed by atoms with E-state index in [0.29, 0.717) is 0 Å². The van der Waals surface area contributed by atoms with E-state index >= 15 is 0 Å². The van der Waals surface area contributed by atoms with Gasteiger partial charge in [0.15, 0.2) is 0 Å². The molecule has 4 N–H and O–H groups in total. The summed E-state index contributed by atoms with van der Waals surface area (Å²) in [7, 11) is 0. The van der Waals surface area contributed by atoms with Crippen LogP contribution in [-0.4, -0.2) is 5.66 Å². The molecule has 0 aromatic heterocycles. The van der Waals surface area contributed by atoms with Gasteiger partial charge in [0.05, 0.1) is 5.66 Å². The zero-order chi connectivity index (χ0) is 6.91. The third-order valence-electron chi connectivity index (χ3n) is 1.68. The third-order valence-corrected chi connectivity index (χ3v) is 1.68. The second-order valence-corrected chi connectivity index (χ2v) is 2.53. The fourth-order valence-corrected chi connectivity index (χ4v) is 0.771. The van der Waals surface area contributed by atoms with E-state index in [4.69, 9.17) is 11.5 Å². The Bertz CT molecular complexity index is 156. The summed E-state index contributed by atoms with van der Waals surface area (Å²) in [5.41, 5.74) is 10.7. The summed E-state index contributed by atoms with van der Waals surface area (Å²) in [5, 5.41) is 0. The SMILES string of the molecule is CC1C=CC=CC1(N)N. The number of hydrogen-bond acceptors (Lipinski definition) is 2. The van der Waals surface area contributed by atoms with Gasteiger partial charge in [0.2, 0.25) is 0 Å². The van der Waals surface area contributed by atoms with Gasteiger partial charge >= 0.3 is 0 Å². The Morgan fingerprint density at radius 1 is 1.33 bits per heavy atom. The first-order valence-corrected chi connectivity index (χ1v) is 3.07. The molecule has 0 fully saturated rings. The monoisotopic (exact) mass is 124 g/mol. The van der Waals surface area contributed by atoms with Crippen LogP contribution in [0.25, 0.3) is 0 Å². The molecule has 1 atom stereocenters. The van der Waals surface area contributed by atoms with E-state index in [1.165, 1.54) is 0 Å². The van der Waals surface area contributed by atoms with E-state index in [9.17, 15) is 0 Å². The predicted molar refractivity (Wildman–Crippen MR) is 38.5 cm³/mol. The van der Waals surface area contributed by atoms with Gasteiger partial charge in [-0.2, -0.15) is 0 Å². The molecule has 0 heterocycles. The van der Waals surface area contributed by atoms with E-state index in [0.717, 1.165) is 0 Å². The summed E-state index contributed by atoms with van der Waals surface area (Å²) in [6, 6.07) is 0. The molecular weight excluding hydrogens is 112 g/mol. The molecule has 2 heteroatoms. The van der Waals surface area contributed by atoms with E-state index < -0.39 is 5.66 Å². The molecule has 1 aliphatic rings. The lowest BCUT2D eigenvalue weighted by Crippen LogP contribution is -2.52. The highest BCUT2D eigenvalue weighted by molar-refractivity contribution is 5.20. The fourth-order valence-electron chi connectivity index (χ4n) is 0.771. The number of allylic oxidation sites excluding steroid dienone is 2. The Balaban J connectivity index is 2.78. The lowest BCUT2D eigenvalue weighted by molar-refractivity contribution is 0.432. The molecule has 50 valence electrons. The van der Waals surface area contributed by atoms with Crippen molar-refractivity contribution in [1.29, 1.82) is 0 Å². The molecule has 0 aromatic rings. The summed E-state index contributed by atoms with van der Waals surface area (Å²) in [6.45, 7) is 2.00. The Morgan fingerprint density at radius 2 is 2.00 bits per heavy atom. The maximum Gasteiger partial charge on any atom is 0.0893 e. The van der Waals surface area contributed by atoms with Gasteiger partial charge in [0.1, 0.15) is 0 Å². The van der Waals surface area contributed by atoms with Crippen molar-refractivity contribution in [2.45, 2.75) is 12.6 Å². The quantitative estimate of drug-likeness (QED) is 0.458. The van der Waals surface area contributed by atoms with Crippen molar-refractivity contribution in [2.75, 3.05) is 0 Å². The van der Waals surface area contributed by atoms with E-state index in [1.54, 1.807) is 0 Å². The van der Waals surface area contributed by atoms with Gasteiger partial charge in [-0.25, -0.2) is 0 Å². The molecule has 1 rings (SSSR count). The van der Waals surface area contributed by atoms with Gasteiger partial charge in [0.25, 0.3) is 0 Å². The maximum absolute atomic E-state index is 5.66. The summed E-state index contributed by atoms with van der Waals surface area (Å²) in [6.07, 6.45) is 7.65. The van der Waals surface area contributed by atoms with Crippen molar-refractivity contribution < 1.29 is 0 Å². The van der Waals surface area contributed by atoms with Crippen LogP contribution in [-0.2, 0) is 0 Å². The summed E-state index contributed by atoms with van der Waals surface area (Å²) in [5.74, 6) is 0.238. The third kappa shape index (κ3) is 1.20. The zero-order valence-corrected chi connectivity index (χ0v) is 5.54. The van der Waals surface area contributed by atoms with Gasteiger partial charge in [-0.15, -0.1) is 0 Å². The van der Waals surface area contributed by atoms with E-state index in [2.05, 4.69) is 0 Å².